The number of carbonyl (C=O) groups is 1. The van der Waals surface area contributed by atoms with E-state index in [-0.39, 0.29) is 11.5 Å². The number of carbonyl (C=O) groups excluding carboxylic acids is 1. The minimum Gasteiger partial charge on any atom is -0.379 e. The van der Waals surface area contributed by atoms with Crippen molar-refractivity contribution >= 4 is 23.2 Å². The first-order valence-corrected chi connectivity index (χ1v) is 7.44. The van der Waals surface area contributed by atoms with Gasteiger partial charge in [0, 0.05) is 31.9 Å². The van der Waals surface area contributed by atoms with Gasteiger partial charge in [-0.15, -0.1) is 10.2 Å². The van der Waals surface area contributed by atoms with Crippen LogP contribution in [0.15, 0.2) is 42.6 Å². The fourth-order valence-electron chi connectivity index (χ4n) is 2.23. The SMILES string of the molecule is Cn1ccc(Nc2cc(NCc3cccc(F)c3)c(C(N)=O)nn2)n1. The maximum absolute atomic E-state index is 13.3. The lowest BCUT2D eigenvalue weighted by Crippen LogP contribution is -2.18. The van der Waals surface area contributed by atoms with Gasteiger partial charge in [0.15, 0.2) is 17.3 Å². The molecule has 0 unspecified atom stereocenters. The maximum Gasteiger partial charge on any atom is 0.271 e. The third-order valence-corrected chi connectivity index (χ3v) is 3.37. The highest BCUT2D eigenvalue weighted by Gasteiger charge is 2.13. The van der Waals surface area contributed by atoms with Crippen molar-refractivity contribution in [3.8, 4) is 0 Å². The summed E-state index contributed by atoms with van der Waals surface area (Å²) < 4.78 is 14.9. The molecule has 0 bridgehead atoms. The zero-order valence-electron chi connectivity index (χ0n) is 13.4. The zero-order valence-corrected chi connectivity index (χ0v) is 13.4. The summed E-state index contributed by atoms with van der Waals surface area (Å²) in [4.78, 5) is 11.5. The number of aryl methyl sites for hydroxylation is 1. The van der Waals surface area contributed by atoms with Crippen molar-refractivity contribution in [2.75, 3.05) is 10.6 Å². The van der Waals surface area contributed by atoms with Crippen LogP contribution in [0.5, 0.6) is 0 Å². The summed E-state index contributed by atoms with van der Waals surface area (Å²) in [6.45, 7) is 0.298. The van der Waals surface area contributed by atoms with Crippen LogP contribution in [-0.2, 0) is 13.6 Å². The second kappa shape index (κ2) is 6.95. The summed E-state index contributed by atoms with van der Waals surface area (Å²) in [5, 5.41) is 18.0. The molecule has 3 rings (SSSR count). The minimum absolute atomic E-state index is 0.00275. The minimum atomic E-state index is -0.710. The van der Waals surface area contributed by atoms with Gasteiger partial charge in [0.05, 0.1) is 5.69 Å². The van der Waals surface area contributed by atoms with Gasteiger partial charge >= 0.3 is 0 Å². The molecule has 0 saturated carbocycles. The molecule has 2 aromatic heterocycles. The van der Waals surface area contributed by atoms with Crippen molar-refractivity contribution in [2.45, 2.75) is 6.54 Å². The Labute approximate surface area is 142 Å². The second-order valence-electron chi connectivity index (χ2n) is 5.34. The van der Waals surface area contributed by atoms with E-state index < -0.39 is 5.91 Å². The van der Waals surface area contributed by atoms with Gasteiger partial charge in [0.2, 0.25) is 0 Å². The first-order chi connectivity index (χ1) is 12.0. The summed E-state index contributed by atoms with van der Waals surface area (Å²) >= 11 is 0. The molecule has 2 heterocycles. The summed E-state index contributed by atoms with van der Waals surface area (Å²) in [7, 11) is 1.79. The maximum atomic E-state index is 13.3. The Morgan fingerprint density at radius 2 is 2.08 bits per heavy atom. The lowest BCUT2D eigenvalue weighted by Gasteiger charge is -2.11. The Balaban J connectivity index is 1.81. The molecule has 0 atom stereocenters. The fourth-order valence-corrected chi connectivity index (χ4v) is 2.23. The fraction of sp³-hybridized carbons (Fsp3) is 0.125. The summed E-state index contributed by atoms with van der Waals surface area (Å²) in [5.74, 6) is -0.0661. The number of anilines is 3. The van der Waals surface area contributed by atoms with Crippen LogP contribution in [0.4, 0.5) is 21.7 Å². The zero-order chi connectivity index (χ0) is 17.8. The third kappa shape index (κ3) is 4.08. The number of nitrogens with one attached hydrogen (secondary N) is 2. The van der Waals surface area contributed by atoms with E-state index in [2.05, 4.69) is 25.9 Å². The number of hydrogen-bond donors (Lipinski definition) is 3. The number of hydrogen-bond acceptors (Lipinski definition) is 6. The Bertz CT molecular complexity index is 909. The highest BCUT2D eigenvalue weighted by molar-refractivity contribution is 5.96. The van der Waals surface area contributed by atoms with E-state index in [9.17, 15) is 9.18 Å². The second-order valence-corrected chi connectivity index (χ2v) is 5.34. The Hall–Kier alpha value is -3.49. The molecule has 0 aliphatic carbocycles. The van der Waals surface area contributed by atoms with Gasteiger partial charge < -0.3 is 16.4 Å². The first kappa shape index (κ1) is 16.4. The Morgan fingerprint density at radius 1 is 1.24 bits per heavy atom. The van der Waals surface area contributed by atoms with Gasteiger partial charge in [-0.2, -0.15) is 5.10 Å². The van der Waals surface area contributed by atoms with E-state index in [1.54, 1.807) is 42.2 Å². The van der Waals surface area contributed by atoms with Crippen LogP contribution in [0, 0.1) is 5.82 Å². The first-order valence-electron chi connectivity index (χ1n) is 7.44. The monoisotopic (exact) mass is 341 g/mol. The molecule has 25 heavy (non-hydrogen) atoms. The quantitative estimate of drug-likeness (QED) is 0.630. The number of primary amides is 1. The lowest BCUT2D eigenvalue weighted by atomic mass is 10.2. The molecule has 0 spiro atoms. The highest BCUT2D eigenvalue weighted by Crippen LogP contribution is 2.19. The molecule has 0 aliphatic heterocycles. The average molecular weight is 341 g/mol. The van der Waals surface area contributed by atoms with Crippen molar-refractivity contribution < 1.29 is 9.18 Å². The van der Waals surface area contributed by atoms with E-state index in [1.807, 2.05) is 0 Å². The van der Waals surface area contributed by atoms with Crippen LogP contribution < -0.4 is 16.4 Å². The van der Waals surface area contributed by atoms with E-state index in [4.69, 9.17) is 5.73 Å². The van der Waals surface area contributed by atoms with Crippen LogP contribution in [0.3, 0.4) is 0 Å². The van der Waals surface area contributed by atoms with Crippen molar-refractivity contribution in [1.29, 1.82) is 0 Å². The van der Waals surface area contributed by atoms with Gasteiger partial charge in [-0.1, -0.05) is 12.1 Å². The molecular formula is C16H16FN7O. The summed E-state index contributed by atoms with van der Waals surface area (Å²) in [5.41, 5.74) is 6.45. The standard InChI is InChI=1S/C16H16FN7O/c1-24-6-5-13(23-24)20-14-8-12(15(16(18)25)22-21-14)19-9-10-3-2-4-11(17)7-10/h2-8H,9H2,1H3,(H2,18,25)(H2,19,20,21,23). The average Bonchev–Trinajstić information content (AvgIpc) is 2.98. The number of halogens is 1. The molecule has 4 N–H and O–H groups in total. The van der Waals surface area contributed by atoms with Gasteiger partial charge in [0.25, 0.3) is 5.91 Å². The molecule has 9 heteroatoms. The van der Waals surface area contributed by atoms with Crippen molar-refractivity contribution in [3.63, 3.8) is 0 Å². The van der Waals surface area contributed by atoms with Gasteiger partial charge in [-0.3, -0.25) is 9.48 Å². The van der Waals surface area contributed by atoms with Crippen molar-refractivity contribution in [1.82, 2.24) is 20.0 Å². The highest BCUT2D eigenvalue weighted by atomic mass is 19.1. The number of rotatable bonds is 6. The molecule has 128 valence electrons. The molecule has 8 nitrogen and oxygen atoms in total. The number of aromatic nitrogens is 4. The normalized spacial score (nSPS) is 10.5. The van der Waals surface area contributed by atoms with Crippen LogP contribution in [0.1, 0.15) is 16.1 Å². The van der Waals surface area contributed by atoms with Crippen LogP contribution in [0.25, 0.3) is 0 Å². The largest absolute Gasteiger partial charge is 0.379 e. The molecule has 1 amide bonds. The van der Waals surface area contributed by atoms with Crippen LogP contribution >= 0.6 is 0 Å². The van der Waals surface area contributed by atoms with Crippen LogP contribution in [-0.4, -0.2) is 25.9 Å². The number of amides is 1. The molecule has 0 saturated heterocycles. The molecule has 1 aromatic carbocycles. The molecular weight excluding hydrogens is 325 g/mol. The predicted molar refractivity (Wildman–Crippen MR) is 90.8 cm³/mol. The van der Waals surface area contributed by atoms with E-state index in [0.29, 0.717) is 29.4 Å². The lowest BCUT2D eigenvalue weighted by molar-refractivity contribution is 0.0995. The summed E-state index contributed by atoms with van der Waals surface area (Å²) in [6.07, 6.45) is 1.77. The van der Waals surface area contributed by atoms with E-state index in [0.717, 1.165) is 0 Å². The molecule has 3 aromatic rings. The smallest absolute Gasteiger partial charge is 0.271 e. The van der Waals surface area contributed by atoms with Crippen LogP contribution in [0.2, 0.25) is 0 Å². The Morgan fingerprint density at radius 3 is 2.76 bits per heavy atom. The molecule has 0 fully saturated rings. The van der Waals surface area contributed by atoms with Gasteiger partial charge in [-0.05, 0) is 17.7 Å². The number of nitrogens with zero attached hydrogens (tertiary/aromatic N) is 4. The van der Waals surface area contributed by atoms with Gasteiger partial charge in [-0.25, -0.2) is 4.39 Å². The van der Waals surface area contributed by atoms with E-state index >= 15 is 0 Å². The molecule has 0 aliphatic rings. The number of benzene rings is 1. The predicted octanol–water partition coefficient (Wildman–Crippen LogP) is 1.80. The third-order valence-electron chi connectivity index (χ3n) is 3.37. The topological polar surface area (TPSA) is 111 Å². The van der Waals surface area contributed by atoms with Crippen molar-refractivity contribution in [3.05, 3.63) is 59.7 Å². The van der Waals surface area contributed by atoms with Crippen molar-refractivity contribution in [2.24, 2.45) is 12.8 Å². The van der Waals surface area contributed by atoms with Gasteiger partial charge in [0.1, 0.15) is 5.82 Å². The van der Waals surface area contributed by atoms with E-state index in [1.165, 1.54) is 12.1 Å². The Kier molecular flexibility index (Phi) is 4.55. The molecule has 0 radical (unpaired) electrons. The summed E-state index contributed by atoms with van der Waals surface area (Å²) in [6, 6.07) is 9.51. The number of nitrogens with two attached hydrogens (primary N) is 1.